The maximum atomic E-state index is 11.6. The van der Waals surface area contributed by atoms with Gasteiger partial charge in [-0.05, 0) is 0 Å². The number of esters is 3. The Balaban J connectivity index is 3.16. The van der Waals surface area contributed by atoms with Crippen molar-refractivity contribution in [2.75, 3.05) is 27.1 Å². The van der Waals surface area contributed by atoms with Crippen LogP contribution in [0.1, 0.15) is 20.0 Å². The maximum Gasteiger partial charge on any atom is 0.351 e. The summed E-state index contributed by atoms with van der Waals surface area (Å²) in [5, 5.41) is 9.91. The van der Waals surface area contributed by atoms with E-state index in [1.807, 2.05) is 0 Å². The van der Waals surface area contributed by atoms with Crippen molar-refractivity contribution in [3.05, 3.63) is 10.4 Å². The van der Waals surface area contributed by atoms with Crippen LogP contribution in [0, 0.1) is 0 Å². The van der Waals surface area contributed by atoms with E-state index in [4.69, 9.17) is 0 Å². The molecule has 1 heterocycles. The van der Waals surface area contributed by atoms with Gasteiger partial charge in [0, 0.05) is 0 Å². The van der Waals surface area contributed by atoms with E-state index >= 15 is 0 Å². The Bertz CT molecular complexity index is 535. The Morgan fingerprint density at radius 2 is 1.70 bits per heavy atom. The third-order valence-corrected chi connectivity index (χ3v) is 4.56. The van der Waals surface area contributed by atoms with E-state index in [-0.39, 0.29) is 20.4 Å². The Kier molecular flexibility index (Phi) is 5.83. The topological polar surface area (TPSA) is 99.1 Å². The predicted molar refractivity (Wildman–Crippen MR) is 71.4 cm³/mol. The molecular weight excluding hydrogens is 308 g/mol. The maximum absolute atomic E-state index is 11.6. The molecule has 110 valence electrons. The molecule has 0 radical (unpaired) electrons. The molecule has 0 spiro atoms. The van der Waals surface area contributed by atoms with Crippen LogP contribution in [-0.4, -0.2) is 50.1 Å². The van der Waals surface area contributed by atoms with Gasteiger partial charge in [0.2, 0.25) is 0 Å². The summed E-state index contributed by atoms with van der Waals surface area (Å²) in [6.45, 7) is 0. The molecule has 1 aromatic heterocycles. The molecule has 9 heteroatoms. The van der Waals surface area contributed by atoms with Crippen molar-refractivity contribution in [2.45, 2.75) is 4.21 Å². The van der Waals surface area contributed by atoms with E-state index in [1.165, 1.54) is 7.11 Å². The van der Waals surface area contributed by atoms with Gasteiger partial charge in [-0.1, -0.05) is 0 Å². The first-order chi connectivity index (χ1) is 9.46. The molecule has 0 unspecified atom stereocenters. The second-order valence-electron chi connectivity index (χ2n) is 3.29. The van der Waals surface area contributed by atoms with E-state index in [0.29, 0.717) is 0 Å². The quantitative estimate of drug-likeness (QED) is 0.492. The molecule has 0 fully saturated rings. The van der Waals surface area contributed by atoms with Gasteiger partial charge < -0.3 is 19.3 Å². The van der Waals surface area contributed by atoms with Crippen LogP contribution in [0.4, 0.5) is 0 Å². The molecule has 0 aliphatic heterocycles. The lowest BCUT2D eigenvalue weighted by Crippen LogP contribution is -2.05. The molecule has 1 rings (SSSR count). The van der Waals surface area contributed by atoms with Crippen LogP contribution >= 0.6 is 23.1 Å². The zero-order chi connectivity index (χ0) is 15.3. The van der Waals surface area contributed by atoms with Crippen LogP contribution in [0.2, 0.25) is 0 Å². The smallest absolute Gasteiger partial charge is 0.351 e. The Hall–Kier alpha value is -1.74. The monoisotopic (exact) mass is 320 g/mol. The second kappa shape index (κ2) is 7.15. The predicted octanol–water partition coefficient (Wildman–Crippen LogP) is 1.29. The van der Waals surface area contributed by atoms with E-state index in [2.05, 4.69) is 14.2 Å². The Morgan fingerprint density at radius 3 is 2.20 bits per heavy atom. The molecule has 0 atom stereocenters. The minimum Gasteiger partial charge on any atom is -0.505 e. The van der Waals surface area contributed by atoms with Crippen molar-refractivity contribution >= 4 is 41.0 Å². The summed E-state index contributed by atoms with van der Waals surface area (Å²) in [4.78, 5) is 34.1. The zero-order valence-electron chi connectivity index (χ0n) is 10.9. The third-order valence-electron chi connectivity index (χ3n) is 2.16. The second-order valence-corrected chi connectivity index (χ2v) is 5.55. The van der Waals surface area contributed by atoms with E-state index in [1.54, 1.807) is 0 Å². The fraction of sp³-hybridized carbons (Fsp3) is 0.364. The van der Waals surface area contributed by atoms with Gasteiger partial charge in [0.15, 0.2) is 10.6 Å². The fourth-order valence-corrected chi connectivity index (χ4v) is 3.39. The van der Waals surface area contributed by atoms with E-state index < -0.39 is 23.7 Å². The zero-order valence-corrected chi connectivity index (χ0v) is 12.6. The number of carbonyl (C=O) groups is 3. The molecule has 0 amide bonds. The van der Waals surface area contributed by atoms with Crippen LogP contribution in [-0.2, 0) is 19.0 Å². The first kappa shape index (κ1) is 16.3. The minimum atomic E-state index is -0.804. The van der Waals surface area contributed by atoms with Crippen molar-refractivity contribution in [2.24, 2.45) is 0 Å². The summed E-state index contributed by atoms with van der Waals surface area (Å²) >= 11 is 1.81. The first-order valence-electron chi connectivity index (χ1n) is 5.18. The van der Waals surface area contributed by atoms with Gasteiger partial charge in [-0.15, -0.1) is 23.1 Å². The number of thioether (sulfide) groups is 1. The number of aromatic hydroxyl groups is 1. The van der Waals surface area contributed by atoms with Crippen LogP contribution in [0.15, 0.2) is 4.21 Å². The Morgan fingerprint density at radius 1 is 1.10 bits per heavy atom. The highest BCUT2D eigenvalue weighted by Crippen LogP contribution is 2.41. The average molecular weight is 320 g/mol. The molecule has 1 aromatic rings. The highest BCUT2D eigenvalue weighted by atomic mass is 32.2. The van der Waals surface area contributed by atoms with Crippen molar-refractivity contribution < 1.29 is 33.7 Å². The number of hydrogen-bond acceptors (Lipinski definition) is 9. The van der Waals surface area contributed by atoms with Crippen LogP contribution in [0.25, 0.3) is 0 Å². The highest BCUT2D eigenvalue weighted by Gasteiger charge is 2.28. The molecular formula is C11H12O7S2. The van der Waals surface area contributed by atoms with Gasteiger partial charge >= 0.3 is 17.9 Å². The summed E-state index contributed by atoms with van der Waals surface area (Å²) < 4.78 is 13.8. The molecule has 20 heavy (non-hydrogen) atoms. The lowest BCUT2D eigenvalue weighted by molar-refractivity contribution is -0.137. The number of hydrogen-bond donors (Lipinski definition) is 1. The number of carbonyl (C=O) groups excluding carboxylic acids is 3. The van der Waals surface area contributed by atoms with Crippen LogP contribution < -0.4 is 0 Å². The SMILES string of the molecule is COC(=O)CSc1sc(C(=O)OC)c(O)c1C(=O)OC. The van der Waals surface area contributed by atoms with Gasteiger partial charge in [-0.2, -0.15) is 0 Å². The van der Waals surface area contributed by atoms with Crippen molar-refractivity contribution in [1.29, 1.82) is 0 Å². The average Bonchev–Trinajstić information content (AvgIpc) is 2.79. The van der Waals surface area contributed by atoms with Crippen LogP contribution in [0.3, 0.4) is 0 Å². The summed E-state index contributed by atoms with van der Waals surface area (Å²) in [7, 11) is 3.53. The molecule has 0 aliphatic rings. The lowest BCUT2D eigenvalue weighted by atomic mass is 10.3. The molecule has 0 saturated carbocycles. The van der Waals surface area contributed by atoms with Gasteiger partial charge in [0.05, 0.1) is 31.3 Å². The van der Waals surface area contributed by atoms with Crippen molar-refractivity contribution in [1.82, 2.24) is 0 Å². The largest absolute Gasteiger partial charge is 0.505 e. The summed E-state index contributed by atoms with van der Waals surface area (Å²) in [6.07, 6.45) is 0. The third kappa shape index (κ3) is 3.42. The minimum absolute atomic E-state index is 0.0684. The van der Waals surface area contributed by atoms with Gasteiger partial charge in [0.1, 0.15) is 5.56 Å². The number of ether oxygens (including phenoxy) is 3. The van der Waals surface area contributed by atoms with Crippen LogP contribution in [0.5, 0.6) is 5.75 Å². The molecule has 0 aromatic carbocycles. The van der Waals surface area contributed by atoms with E-state index in [0.717, 1.165) is 37.3 Å². The fourth-order valence-electron chi connectivity index (χ4n) is 1.20. The van der Waals surface area contributed by atoms with Crippen molar-refractivity contribution in [3.63, 3.8) is 0 Å². The first-order valence-corrected chi connectivity index (χ1v) is 6.98. The van der Waals surface area contributed by atoms with Gasteiger partial charge in [-0.25, -0.2) is 9.59 Å². The van der Waals surface area contributed by atoms with Crippen molar-refractivity contribution in [3.8, 4) is 5.75 Å². The molecule has 0 aliphatic carbocycles. The molecule has 0 bridgehead atoms. The standard InChI is InChI=1S/C11H12O7S2/c1-16-5(12)4-19-11-6(9(14)17-2)7(13)8(20-11)10(15)18-3/h13H,4H2,1-3H3. The van der Waals surface area contributed by atoms with E-state index in [9.17, 15) is 19.5 Å². The molecule has 0 saturated heterocycles. The van der Waals surface area contributed by atoms with Gasteiger partial charge in [0.25, 0.3) is 0 Å². The molecule has 1 N–H and O–H groups in total. The number of thiophene rings is 1. The summed E-state index contributed by atoms with van der Waals surface area (Å²) in [5.41, 5.74) is -0.160. The lowest BCUT2D eigenvalue weighted by Gasteiger charge is -2.02. The number of methoxy groups -OCH3 is 3. The summed E-state index contributed by atoms with van der Waals surface area (Å²) in [5.74, 6) is -2.66. The highest BCUT2D eigenvalue weighted by molar-refractivity contribution is 8.01. The Labute approximate surface area is 122 Å². The molecule has 7 nitrogen and oxygen atoms in total. The normalized spacial score (nSPS) is 9.95. The summed E-state index contributed by atoms with van der Waals surface area (Å²) in [6, 6.07) is 0. The van der Waals surface area contributed by atoms with Gasteiger partial charge in [-0.3, -0.25) is 4.79 Å². The number of rotatable bonds is 5.